The van der Waals surface area contributed by atoms with E-state index in [2.05, 4.69) is 20.7 Å². The molecule has 3 N–H and O–H groups in total. The van der Waals surface area contributed by atoms with E-state index in [1.807, 2.05) is 6.92 Å². The number of hydrogen-bond donors (Lipinski definition) is 2. The van der Waals surface area contributed by atoms with Crippen molar-refractivity contribution < 1.29 is 8.42 Å². The minimum atomic E-state index is -3.42. The summed E-state index contributed by atoms with van der Waals surface area (Å²) in [5, 5.41) is 0. The zero-order valence-corrected chi connectivity index (χ0v) is 10.7. The topological polar surface area (TPSA) is 72.2 Å². The van der Waals surface area contributed by atoms with Crippen molar-refractivity contribution in [1.29, 1.82) is 0 Å². The fourth-order valence-corrected chi connectivity index (χ4v) is 3.28. The quantitative estimate of drug-likeness (QED) is 0.830. The molecule has 0 radical (unpaired) electrons. The second-order valence-corrected chi connectivity index (χ2v) is 5.68. The molecule has 0 atom stereocenters. The molecule has 0 spiro atoms. The summed E-state index contributed by atoms with van der Waals surface area (Å²) in [6.45, 7) is 2.33. The molecule has 0 aromatic heterocycles. The van der Waals surface area contributed by atoms with Crippen molar-refractivity contribution >= 4 is 31.6 Å². The molecule has 84 valence electrons. The number of halogens is 1. The number of anilines is 1. The van der Waals surface area contributed by atoms with Gasteiger partial charge in [-0.1, -0.05) is 6.92 Å². The Labute approximate surface area is 98.0 Å². The Morgan fingerprint density at radius 1 is 1.47 bits per heavy atom. The molecule has 1 aromatic rings. The highest BCUT2D eigenvalue weighted by atomic mass is 79.9. The standard InChI is InChI=1S/C9H13BrN2O2S/c1-2-5-12-15(13,14)9-4-3-7(11)6-8(9)10/h3-4,6,12H,2,5,11H2,1H3. The number of sulfonamides is 1. The van der Waals surface area contributed by atoms with Crippen LogP contribution >= 0.6 is 15.9 Å². The molecule has 0 unspecified atom stereocenters. The van der Waals surface area contributed by atoms with Gasteiger partial charge in [0.25, 0.3) is 0 Å². The smallest absolute Gasteiger partial charge is 0.241 e. The van der Waals surface area contributed by atoms with Gasteiger partial charge in [0.2, 0.25) is 10.0 Å². The lowest BCUT2D eigenvalue weighted by molar-refractivity contribution is 0.580. The van der Waals surface area contributed by atoms with Crippen LogP contribution in [0.2, 0.25) is 0 Å². The van der Waals surface area contributed by atoms with Gasteiger partial charge in [-0.05, 0) is 40.5 Å². The van der Waals surface area contributed by atoms with Crippen LogP contribution in [0.25, 0.3) is 0 Å². The SMILES string of the molecule is CCCNS(=O)(=O)c1ccc(N)cc1Br. The Hall–Kier alpha value is -0.590. The summed E-state index contributed by atoms with van der Waals surface area (Å²) in [5.74, 6) is 0. The summed E-state index contributed by atoms with van der Waals surface area (Å²) in [7, 11) is -3.42. The molecule has 0 fully saturated rings. The highest BCUT2D eigenvalue weighted by molar-refractivity contribution is 9.10. The van der Waals surface area contributed by atoms with Crippen LogP contribution in [0.1, 0.15) is 13.3 Å². The Balaban J connectivity index is 3.05. The summed E-state index contributed by atoms with van der Waals surface area (Å²) in [4.78, 5) is 0.213. The summed E-state index contributed by atoms with van der Waals surface area (Å²) in [6.07, 6.45) is 0.756. The summed E-state index contributed by atoms with van der Waals surface area (Å²) in [5.41, 5.74) is 6.05. The summed E-state index contributed by atoms with van der Waals surface area (Å²) in [6, 6.07) is 4.61. The van der Waals surface area contributed by atoms with Crippen LogP contribution in [-0.4, -0.2) is 15.0 Å². The number of benzene rings is 1. The molecule has 0 saturated carbocycles. The van der Waals surface area contributed by atoms with Crippen LogP contribution < -0.4 is 10.5 Å². The van der Waals surface area contributed by atoms with Crippen LogP contribution in [0.5, 0.6) is 0 Å². The molecule has 0 aliphatic carbocycles. The van der Waals surface area contributed by atoms with Gasteiger partial charge in [0.1, 0.15) is 0 Å². The van der Waals surface area contributed by atoms with Crippen molar-refractivity contribution in [3.05, 3.63) is 22.7 Å². The van der Waals surface area contributed by atoms with E-state index in [-0.39, 0.29) is 4.90 Å². The van der Waals surface area contributed by atoms with Crippen molar-refractivity contribution in [2.45, 2.75) is 18.2 Å². The Bertz CT molecular complexity index is 445. The average Bonchev–Trinajstić information content (AvgIpc) is 2.14. The average molecular weight is 293 g/mol. The van der Waals surface area contributed by atoms with Crippen LogP contribution in [0, 0.1) is 0 Å². The van der Waals surface area contributed by atoms with Crippen LogP contribution in [0.3, 0.4) is 0 Å². The third-order valence-electron chi connectivity index (χ3n) is 1.79. The predicted octanol–water partition coefficient (Wildman–Crippen LogP) is 1.72. The van der Waals surface area contributed by atoms with Crippen molar-refractivity contribution in [2.75, 3.05) is 12.3 Å². The van der Waals surface area contributed by atoms with E-state index >= 15 is 0 Å². The summed E-state index contributed by atoms with van der Waals surface area (Å²) < 4.78 is 26.4. The van der Waals surface area contributed by atoms with Crippen molar-refractivity contribution in [1.82, 2.24) is 4.72 Å². The normalized spacial score (nSPS) is 11.6. The van der Waals surface area contributed by atoms with E-state index < -0.39 is 10.0 Å². The van der Waals surface area contributed by atoms with E-state index in [4.69, 9.17) is 5.73 Å². The molecular weight excluding hydrogens is 280 g/mol. The van der Waals surface area contributed by atoms with Gasteiger partial charge < -0.3 is 5.73 Å². The third-order valence-corrected chi connectivity index (χ3v) is 4.23. The molecule has 0 amide bonds. The zero-order valence-electron chi connectivity index (χ0n) is 8.33. The van der Waals surface area contributed by atoms with Crippen LogP contribution in [0.15, 0.2) is 27.6 Å². The van der Waals surface area contributed by atoms with E-state index in [0.29, 0.717) is 16.7 Å². The minimum Gasteiger partial charge on any atom is -0.399 e. The van der Waals surface area contributed by atoms with E-state index in [0.717, 1.165) is 6.42 Å². The molecule has 15 heavy (non-hydrogen) atoms. The number of nitrogens with one attached hydrogen (secondary N) is 1. The maximum absolute atomic E-state index is 11.7. The third kappa shape index (κ3) is 3.19. The molecule has 6 heteroatoms. The molecule has 0 bridgehead atoms. The molecule has 4 nitrogen and oxygen atoms in total. The summed E-state index contributed by atoms with van der Waals surface area (Å²) >= 11 is 3.18. The predicted molar refractivity (Wildman–Crippen MR) is 64.0 cm³/mol. The lowest BCUT2D eigenvalue weighted by Crippen LogP contribution is -2.24. The van der Waals surface area contributed by atoms with Crippen LogP contribution in [0.4, 0.5) is 5.69 Å². The van der Waals surface area contributed by atoms with Gasteiger partial charge >= 0.3 is 0 Å². The molecule has 0 aliphatic rings. The van der Waals surface area contributed by atoms with Crippen LogP contribution in [-0.2, 0) is 10.0 Å². The lowest BCUT2D eigenvalue weighted by Gasteiger charge is -2.07. The van der Waals surface area contributed by atoms with Gasteiger partial charge in [0.05, 0.1) is 4.90 Å². The molecule has 0 saturated heterocycles. The van der Waals surface area contributed by atoms with Gasteiger partial charge in [-0.25, -0.2) is 13.1 Å². The van der Waals surface area contributed by atoms with Crippen molar-refractivity contribution in [3.8, 4) is 0 Å². The second-order valence-electron chi connectivity index (χ2n) is 3.09. The molecule has 0 aliphatic heterocycles. The Kier molecular flexibility index (Phi) is 4.12. The van der Waals surface area contributed by atoms with Gasteiger partial charge in [0.15, 0.2) is 0 Å². The molecular formula is C9H13BrN2O2S. The molecule has 0 heterocycles. The van der Waals surface area contributed by atoms with E-state index in [9.17, 15) is 8.42 Å². The Morgan fingerprint density at radius 3 is 2.67 bits per heavy atom. The largest absolute Gasteiger partial charge is 0.399 e. The zero-order chi connectivity index (χ0) is 11.5. The van der Waals surface area contributed by atoms with Gasteiger partial charge in [-0.2, -0.15) is 0 Å². The molecule has 1 aromatic carbocycles. The number of nitrogen functional groups attached to an aromatic ring is 1. The van der Waals surface area contributed by atoms with Crippen molar-refractivity contribution in [3.63, 3.8) is 0 Å². The first-order chi connectivity index (χ1) is 6.97. The fraction of sp³-hybridized carbons (Fsp3) is 0.333. The number of nitrogens with two attached hydrogens (primary N) is 1. The number of hydrogen-bond acceptors (Lipinski definition) is 3. The minimum absolute atomic E-state index is 0.213. The van der Waals surface area contributed by atoms with E-state index in [1.165, 1.54) is 6.07 Å². The first-order valence-electron chi connectivity index (χ1n) is 4.52. The highest BCUT2D eigenvalue weighted by Gasteiger charge is 2.16. The first kappa shape index (κ1) is 12.5. The van der Waals surface area contributed by atoms with E-state index in [1.54, 1.807) is 12.1 Å². The number of rotatable bonds is 4. The van der Waals surface area contributed by atoms with Gasteiger partial charge in [-0.3, -0.25) is 0 Å². The molecule has 1 rings (SSSR count). The monoisotopic (exact) mass is 292 g/mol. The van der Waals surface area contributed by atoms with Gasteiger partial charge in [0, 0.05) is 16.7 Å². The maximum Gasteiger partial charge on any atom is 0.241 e. The Morgan fingerprint density at radius 2 is 2.13 bits per heavy atom. The lowest BCUT2D eigenvalue weighted by atomic mass is 10.3. The van der Waals surface area contributed by atoms with Gasteiger partial charge in [-0.15, -0.1) is 0 Å². The maximum atomic E-state index is 11.7. The highest BCUT2D eigenvalue weighted by Crippen LogP contribution is 2.23. The fourth-order valence-electron chi connectivity index (χ4n) is 1.05. The first-order valence-corrected chi connectivity index (χ1v) is 6.79. The second kappa shape index (κ2) is 4.96. The van der Waals surface area contributed by atoms with Crippen molar-refractivity contribution in [2.24, 2.45) is 0 Å².